The molecule has 5 nitrogen and oxygen atoms in total. The van der Waals surface area contributed by atoms with Crippen molar-refractivity contribution in [3.05, 3.63) is 68.8 Å². The number of ether oxygens (including phenoxy) is 1. The van der Waals surface area contributed by atoms with Crippen molar-refractivity contribution >= 4 is 41.2 Å². The lowest BCUT2D eigenvalue weighted by Gasteiger charge is -2.13. The van der Waals surface area contributed by atoms with Gasteiger partial charge in [-0.1, -0.05) is 41.4 Å². The van der Waals surface area contributed by atoms with Crippen molar-refractivity contribution in [1.82, 2.24) is 5.32 Å². The molecular weight excluding hydrogens is 377 g/mol. The number of amides is 1. The molecule has 7 heteroatoms. The molecule has 26 heavy (non-hydrogen) atoms. The Bertz CT molecular complexity index is 855. The second kappa shape index (κ2) is 8.74. The lowest BCUT2D eigenvalue weighted by molar-refractivity contribution is -0.299. The maximum Gasteiger partial charge on any atom is 0.262 e. The molecule has 0 aliphatic heterocycles. The van der Waals surface area contributed by atoms with Crippen LogP contribution in [-0.4, -0.2) is 18.5 Å². The first-order valence-corrected chi connectivity index (χ1v) is 8.40. The number of rotatable bonds is 6. The first-order valence-electron chi connectivity index (χ1n) is 7.65. The predicted octanol–water partition coefficient (Wildman–Crippen LogP) is 2.90. The van der Waals surface area contributed by atoms with E-state index in [0.29, 0.717) is 21.4 Å². The zero-order valence-corrected chi connectivity index (χ0v) is 15.6. The Balaban J connectivity index is 2.07. The van der Waals surface area contributed by atoms with Gasteiger partial charge in [0.2, 0.25) is 0 Å². The van der Waals surface area contributed by atoms with E-state index in [9.17, 15) is 14.7 Å². The van der Waals surface area contributed by atoms with Crippen LogP contribution in [0.4, 0.5) is 0 Å². The van der Waals surface area contributed by atoms with E-state index >= 15 is 0 Å². The summed E-state index contributed by atoms with van der Waals surface area (Å²) in [5.41, 5.74) is 1.67. The van der Waals surface area contributed by atoms with Gasteiger partial charge in [0.1, 0.15) is 5.75 Å². The molecule has 136 valence electrons. The highest BCUT2D eigenvalue weighted by molar-refractivity contribution is 6.32. The van der Waals surface area contributed by atoms with Gasteiger partial charge in [-0.05, 0) is 54.8 Å². The Kier molecular flexibility index (Phi) is 6.66. The topological polar surface area (TPSA) is 78.5 Å². The van der Waals surface area contributed by atoms with Gasteiger partial charge in [0.05, 0.1) is 11.7 Å². The van der Waals surface area contributed by atoms with Gasteiger partial charge in [-0.15, -0.1) is 0 Å². The SMILES string of the molecule is Cc1cc(OCC(=O)N/C(=C/c2ccccc2Cl)C(=O)[O-])cc(C)c1Cl. The van der Waals surface area contributed by atoms with E-state index in [0.717, 1.165) is 11.1 Å². The molecule has 2 aromatic rings. The van der Waals surface area contributed by atoms with Crippen molar-refractivity contribution in [2.24, 2.45) is 0 Å². The lowest BCUT2D eigenvalue weighted by atomic mass is 10.1. The molecule has 1 N–H and O–H groups in total. The number of halogens is 2. The second-order valence-electron chi connectivity index (χ2n) is 5.57. The summed E-state index contributed by atoms with van der Waals surface area (Å²) in [6.45, 7) is 3.28. The number of carboxylic acid groups (broad SMARTS) is 1. The zero-order chi connectivity index (χ0) is 19.3. The molecule has 1 amide bonds. The number of nitrogens with one attached hydrogen (secondary N) is 1. The Morgan fingerprint density at radius 1 is 1.15 bits per heavy atom. The molecule has 2 aromatic carbocycles. The molecule has 0 aliphatic rings. The van der Waals surface area contributed by atoms with Crippen molar-refractivity contribution < 1.29 is 19.4 Å². The van der Waals surface area contributed by atoms with Gasteiger partial charge >= 0.3 is 0 Å². The van der Waals surface area contributed by atoms with Gasteiger partial charge in [-0.25, -0.2) is 0 Å². The van der Waals surface area contributed by atoms with Gasteiger partial charge in [0.25, 0.3) is 5.91 Å². The van der Waals surface area contributed by atoms with Crippen LogP contribution in [0.25, 0.3) is 6.08 Å². The summed E-state index contributed by atoms with van der Waals surface area (Å²) in [5, 5.41) is 14.5. The van der Waals surface area contributed by atoms with Crippen LogP contribution < -0.4 is 15.2 Å². The molecule has 0 saturated carbocycles. The van der Waals surface area contributed by atoms with Crippen LogP contribution in [-0.2, 0) is 9.59 Å². The van der Waals surface area contributed by atoms with Gasteiger partial charge in [0.15, 0.2) is 6.61 Å². The quantitative estimate of drug-likeness (QED) is 0.766. The standard InChI is InChI=1S/C19H17Cl2NO4/c1-11-7-14(8-12(2)18(11)21)26-10-17(23)22-16(19(24)25)9-13-5-3-4-6-15(13)20/h3-9H,10H2,1-2H3,(H,22,23)(H,24,25)/p-1/b16-9+. The summed E-state index contributed by atoms with van der Waals surface area (Å²) in [6, 6.07) is 10.0. The molecule has 0 spiro atoms. The molecule has 2 rings (SSSR count). The first-order chi connectivity index (χ1) is 12.3. The molecule has 0 bridgehead atoms. The third-order valence-corrected chi connectivity index (χ3v) is 4.42. The second-order valence-corrected chi connectivity index (χ2v) is 6.36. The molecule has 0 unspecified atom stereocenters. The van der Waals surface area contributed by atoms with Crippen LogP contribution in [0.5, 0.6) is 5.75 Å². The number of benzene rings is 2. The predicted molar refractivity (Wildman–Crippen MR) is 99.0 cm³/mol. The van der Waals surface area contributed by atoms with Crippen LogP contribution in [0.1, 0.15) is 16.7 Å². The number of carboxylic acids is 1. The van der Waals surface area contributed by atoms with Gasteiger partial charge < -0.3 is 20.0 Å². The number of aliphatic carboxylic acids is 1. The van der Waals surface area contributed by atoms with E-state index in [1.54, 1.807) is 36.4 Å². The maximum absolute atomic E-state index is 12.0. The zero-order valence-electron chi connectivity index (χ0n) is 14.1. The minimum Gasteiger partial charge on any atom is -0.543 e. The highest BCUT2D eigenvalue weighted by atomic mass is 35.5. The fraction of sp³-hybridized carbons (Fsp3) is 0.158. The fourth-order valence-electron chi connectivity index (χ4n) is 2.22. The van der Waals surface area contributed by atoms with E-state index in [2.05, 4.69) is 5.32 Å². The van der Waals surface area contributed by atoms with Crippen molar-refractivity contribution in [1.29, 1.82) is 0 Å². The average molecular weight is 393 g/mol. The van der Waals surface area contributed by atoms with E-state index in [1.165, 1.54) is 6.08 Å². The molecular formula is C19H16Cl2NO4-. The summed E-state index contributed by atoms with van der Waals surface area (Å²) in [5.74, 6) is -1.71. The molecule has 0 atom stereocenters. The molecule has 0 saturated heterocycles. The van der Waals surface area contributed by atoms with Crippen molar-refractivity contribution in [2.45, 2.75) is 13.8 Å². The number of hydrogen-bond acceptors (Lipinski definition) is 4. The Morgan fingerprint density at radius 3 is 2.35 bits per heavy atom. The molecule has 0 heterocycles. The van der Waals surface area contributed by atoms with Crippen LogP contribution in [0.3, 0.4) is 0 Å². The summed E-state index contributed by atoms with van der Waals surface area (Å²) >= 11 is 12.1. The highest BCUT2D eigenvalue weighted by Gasteiger charge is 2.10. The minimum atomic E-state index is -1.53. The summed E-state index contributed by atoms with van der Waals surface area (Å²) in [4.78, 5) is 23.3. The molecule has 0 radical (unpaired) electrons. The summed E-state index contributed by atoms with van der Waals surface area (Å²) < 4.78 is 5.40. The Morgan fingerprint density at radius 2 is 1.77 bits per heavy atom. The molecule has 0 aromatic heterocycles. The van der Waals surface area contributed by atoms with Crippen molar-refractivity contribution in [3.8, 4) is 5.75 Å². The third kappa shape index (κ3) is 5.25. The van der Waals surface area contributed by atoms with Crippen LogP contribution in [0.15, 0.2) is 42.1 Å². The summed E-state index contributed by atoms with van der Waals surface area (Å²) in [6.07, 6.45) is 1.23. The van der Waals surface area contributed by atoms with Gasteiger partial charge in [-0.3, -0.25) is 4.79 Å². The highest BCUT2D eigenvalue weighted by Crippen LogP contribution is 2.25. The lowest BCUT2D eigenvalue weighted by Crippen LogP contribution is -2.37. The normalized spacial score (nSPS) is 11.2. The van der Waals surface area contributed by atoms with Crippen LogP contribution >= 0.6 is 23.2 Å². The van der Waals surface area contributed by atoms with Crippen LogP contribution in [0.2, 0.25) is 10.0 Å². The van der Waals surface area contributed by atoms with Gasteiger partial charge in [-0.2, -0.15) is 0 Å². The Labute approximate surface area is 161 Å². The minimum absolute atomic E-state index is 0.351. The molecule has 0 fully saturated rings. The van der Waals surface area contributed by atoms with E-state index < -0.39 is 17.6 Å². The third-order valence-electron chi connectivity index (χ3n) is 3.48. The van der Waals surface area contributed by atoms with Gasteiger partial charge in [0, 0.05) is 10.0 Å². The van der Waals surface area contributed by atoms with Crippen molar-refractivity contribution in [2.75, 3.05) is 6.61 Å². The Hall–Kier alpha value is -2.50. The van der Waals surface area contributed by atoms with Crippen molar-refractivity contribution in [3.63, 3.8) is 0 Å². The number of aryl methyl sites for hydroxylation is 2. The number of hydrogen-bond donors (Lipinski definition) is 1. The summed E-state index contributed by atoms with van der Waals surface area (Å²) in [7, 11) is 0. The molecule has 0 aliphatic carbocycles. The monoisotopic (exact) mass is 392 g/mol. The van der Waals surface area contributed by atoms with E-state index in [-0.39, 0.29) is 6.61 Å². The van der Waals surface area contributed by atoms with E-state index in [1.807, 2.05) is 13.8 Å². The fourth-order valence-corrected chi connectivity index (χ4v) is 2.52. The van der Waals surface area contributed by atoms with Crippen LogP contribution in [0, 0.1) is 13.8 Å². The average Bonchev–Trinajstić information content (AvgIpc) is 2.58. The maximum atomic E-state index is 12.0. The number of carbonyl (C=O) groups excluding carboxylic acids is 2. The number of carbonyl (C=O) groups is 2. The van der Waals surface area contributed by atoms with E-state index in [4.69, 9.17) is 27.9 Å². The first kappa shape index (κ1) is 19.8. The largest absolute Gasteiger partial charge is 0.543 e. The smallest absolute Gasteiger partial charge is 0.262 e.